The van der Waals surface area contributed by atoms with E-state index in [1.54, 1.807) is 12.1 Å². The lowest BCUT2D eigenvalue weighted by atomic mass is 10.1. The van der Waals surface area contributed by atoms with Crippen molar-refractivity contribution in [3.8, 4) is 23.2 Å². The number of nitrogens with zero attached hydrogens (tertiary/aromatic N) is 3. The van der Waals surface area contributed by atoms with Crippen molar-refractivity contribution >= 4 is 11.6 Å². The fourth-order valence-electron chi connectivity index (χ4n) is 2.13. The highest BCUT2D eigenvalue weighted by atomic mass is 35.5. The topological polar surface area (TPSA) is 58.8 Å². The third kappa shape index (κ3) is 3.65. The van der Waals surface area contributed by atoms with E-state index in [4.69, 9.17) is 21.6 Å². The van der Waals surface area contributed by atoms with Crippen LogP contribution in [0.5, 0.6) is 5.88 Å². The van der Waals surface area contributed by atoms with Crippen molar-refractivity contribution in [2.24, 2.45) is 0 Å². The highest BCUT2D eigenvalue weighted by molar-refractivity contribution is 6.28. The lowest BCUT2D eigenvalue weighted by Gasteiger charge is -2.08. The van der Waals surface area contributed by atoms with E-state index < -0.39 is 0 Å². The summed E-state index contributed by atoms with van der Waals surface area (Å²) >= 11 is 5.99. The summed E-state index contributed by atoms with van der Waals surface area (Å²) < 4.78 is 5.69. The van der Waals surface area contributed by atoms with E-state index in [1.807, 2.05) is 48.5 Å². The van der Waals surface area contributed by atoms with E-state index in [-0.39, 0.29) is 11.9 Å². The van der Waals surface area contributed by atoms with Crippen LogP contribution in [0.15, 0.2) is 60.7 Å². The fraction of sp³-hybridized carbons (Fsp3) is 0.0556. The predicted molar refractivity (Wildman–Crippen MR) is 88.0 cm³/mol. The van der Waals surface area contributed by atoms with E-state index in [0.29, 0.717) is 17.1 Å². The minimum atomic E-state index is 0.120. The van der Waals surface area contributed by atoms with Crippen molar-refractivity contribution in [3.05, 3.63) is 77.1 Å². The molecule has 0 fully saturated rings. The molecular formula is C18H12ClN3O. The second-order valence-corrected chi connectivity index (χ2v) is 5.12. The van der Waals surface area contributed by atoms with Crippen LogP contribution in [0, 0.1) is 11.3 Å². The van der Waals surface area contributed by atoms with E-state index in [2.05, 4.69) is 16.0 Å². The zero-order valence-electron chi connectivity index (χ0n) is 12.1. The minimum absolute atomic E-state index is 0.120. The Morgan fingerprint density at radius 3 is 2.52 bits per heavy atom. The minimum Gasteiger partial charge on any atom is -0.473 e. The first kappa shape index (κ1) is 15.0. The monoisotopic (exact) mass is 321 g/mol. The molecule has 23 heavy (non-hydrogen) atoms. The van der Waals surface area contributed by atoms with Crippen LogP contribution in [0.3, 0.4) is 0 Å². The lowest BCUT2D eigenvalue weighted by molar-refractivity contribution is 0.293. The zero-order valence-corrected chi connectivity index (χ0v) is 12.9. The van der Waals surface area contributed by atoms with Crippen molar-refractivity contribution in [1.29, 1.82) is 5.26 Å². The normalized spacial score (nSPS) is 10.1. The Hall–Kier alpha value is -2.90. The Labute approximate surface area is 139 Å². The summed E-state index contributed by atoms with van der Waals surface area (Å²) in [7, 11) is 0. The summed E-state index contributed by atoms with van der Waals surface area (Å²) in [6.07, 6.45) is 0. The van der Waals surface area contributed by atoms with E-state index in [9.17, 15) is 0 Å². The molecule has 0 aliphatic carbocycles. The van der Waals surface area contributed by atoms with Crippen LogP contribution in [0.25, 0.3) is 11.3 Å². The average Bonchev–Trinajstić information content (AvgIpc) is 2.60. The van der Waals surface area contributed by atoms with Crippen molar-refractivity contribution in [1.82, 2.24) is 9.97 Å². The molecule has 0 spiro atoms. The molecule has 0 amide bonds. The van der Waals surface area contributed by atoms with Gasteiger partial charge in [-0.25, -0.2) is 4.98 Å². The number of rotatable bonds is 4. The number of aromatic nitrogens is 2. The molecule has 0 saturated carbocycles. The van der Waals surface area contributed by atoms with Crippen molar-refractivity contribution < 1.29 is 4.74 Å². The highest BCUT2D eigenvalue weighted by Crippen LogP contribution is 2.23. The molecule has 0 unspecified atom stereocenters. The smallest absolute Gasteiger partial charge is 0.226 e. The molecule has 0 aliphatic heterocycles. The van der Waals surface area contributed by atoms with Gasteiger partial charge in [0.1, 0.15) is 6.61 Å². The van der Waals surface area contributed by atoms with Gasteiger partial charge in [0.25, 0.3) is 0 Å². The van der Waals surface area contributed by atoms with Gasteiger partial charge in [0.15, 0.2) is 0 Å². The fourth-order valence-corrected chi connectivity index (χ4v) is 2.31. The Morgan fingerprint density at radius 2 is 1.74 bits per heavy atom. The van der Waals surface area contributed by atoms with Gasteiger partial charge in [-0.15, -0.1) is 0 Å². The molecule has 2 aromatic carbocycles. The van der Waals surface area contributed by atoms with E-state index in [0.717, 1.165) is 11.1 Å². The third-order valence-electron chi connectivity index (χ3n) is 3.26. The molecule has 0 saturated heterocycles. The first-order valence-electron chi connectivity index (χ1n) is 6.97. The van der Waals surface area contributed by atoms with Crippen LogP contribution < -0.4 is 4.74 Å². The predicted octanol–water partition coefficient (Wildman–Crippen LogP) is 4.25. The molecule has 112 valence electrons. The number of halogens is 1. The Morgan fingerprint density at radius 1 is 1.00 bits per heavy atom. The molecule has 0 aliphatic rings. The number of ether oxygens (including phenoxy) is 1. The van der Waals surface area contributed by atoms with E-state index >= 15 is 0 Å². The molecular weight excluding hydrogens is 310 g/mol. The second-order valence-electron chi connectivity index (χ2n) is 4.78. The van der Waals surface area contributed by atoms with Crippen LogP contribution in [0.4, 0.5) is 0 Å². The molecule has 0 radical (unpaired) electrons. The SMILES string of the molecule is N#Cc1ccccc1COc1cc(-c2ccccc2)nc(Cl)n1. The summed E-state index contributed by atoms with van der Waals surface area (Å²) in [6.45, 7) is 0.241. The van der Waals surface area contributed by atoms with Crippen LogP contribution >= 0.6 is 11.6 Å². The summed E-state index contributed by atoms with van der Waals surface area (Å²) in [4.78, 5) is 8.29. The van der Waals surface area contributed by atoms with Crippen molar-refractivity contribution in [3.63, 3.8) is 0 Å². The summed E-state index contributed by atoms with van der Waals surface area (Å²) in [5.41, 5.74) is 3.00. The molecule has 1 heterocycles. The molecule has 0 bridgehead atoms. The van der Waals surface area contributed by atoms with Gasteiger partial charge in [-0.1, -0.05) is 48.5 Å². The standard InChI is InChI=1S/C18H12ClN3O/c19-18-21-16(13-6-2-1-3-7-13)10-17(22-18)23-12-15-9-5-4-8-14(15)11-20/h1-10H,12H2. The molecule has 1 aromatic heterocycles. The number of hydrogen-bond acceptors (Lipinski definition) is 4. The van der Waals surface area contributed by atoms with Gasteiger partial charge in [-0.05, 0) is 17.7 Å². The Kier molecular flexibility index (Phi) is 4.51. The largest absolute Gasteiger partial charge is 0.473 e. The van der Waals surface area contributed by atoms with E-state index in [1.165, 1.54) is 0 Å². The van der Waals surface area contributed by atoms with Crippen molar-refractivity contribution in [2.75, 3.05) is 0 Å². The quantitative estimate of drug-likeness (QED) is 0.674. The molecule has 4 nitrogen and oxygen atoms in total. The van der Waals surface area contributed by atoms with Crippen LogP contribution in [-0.4, -0.2) is 9.97 Å². The van der Waals surface area contributed by atoms with Gasteiger partial charge < -0.3 is 4.74 Å². The summed E-state index contributed by atoms with van der Waals surface area (Å²) in [5.74, 6) is 0.372. The van der Waals surface area contributed by atoms with Gasteiger partial charge in [-0.3, -0.25) is 0 Å². The summed E-state index contributed by atoms with van der Waals surface area (Å²) in [6, 6.07) is 20.8. The Balaban J connectivity index is 1.84. The maximum Gasteiger partial charge on any atom is 0.226 e. The van der Waals surface area contributed by atoms with Crippen molar-refractivity contribution in [2.45, 2.75) is 6.61 Å². The maximum absolute atomic E-state index is 9.10. The summed E-state index contributed by atoms with van der Waals surface area (Å²) in [5, 5.41) is 9.22. The average molecular weight is 322 g/mol. The second kappa shape index (κ2) is 6.91. The zero-order chi connectivity index (χ0) is 16.1. The molecule has 5 heteroatoms. The maximum atomic E-state index is 9.10. The third-order valence-corrected chi connectivity index (χ3v) is 3.43. The Bertz CT molecular complexity index is 860. The molecule has 0 N–H and O–H groups in total. The molecule has 0 atom stereocenters. The van der Waals surface area contributed by atoms with Gasteiger partial charge in [0.05, 0.1) is 17.3 Å². The lowest BCUT2D eigenvalue weighted by Crippen LogP contribution is -2.01. The number of hydrogen-bond donors (Lipinski definition) is 0. The van der Waals surface area contributed by atoms with Gasteiger partial charge in [0.2, 0.25) is 11.2 Å². The molecule has 3 aromatic rings. The van der Waals surface area contributed by atoms with Gasteiger partial charge >= 0.3 is 0 Å². The number of benzene rings is 2. The van der Waals surface area contributed by atoms with Crippen LogP contribution in [-0.2, 0) is 6.61 Å². The first-order chi connectivity index (χ1) is 11.3. The first-order valence-corrected chi connectivity index (χ1v) is 7.35. The van der Waals surface area contributed by atoms with Gasteiger partial charge in [0, 0.05) is 17.2 Å². The van der Waals surface area contributed by atoms with Gasteiger partial charge in [-0.2, -0.15) is 10.2 Å². The van der Waals surface area contributed by atoms with Crippen LogP contribution in [0.2, 0.25) is 5.28 Å². The molecule has 3 rings (SSSR count). The number of nitriles is 1. The highest BCUT2D eigenvalue weighted by Gasteiger charge is 2.08. The van der Waals surface area contributed by atoms with Crippen LogP contribution in [0.1, 0.15) is 11.1 Å².